The minimum Gasteiger partial charge on any atom is -0.478 e. The number of ether oxygens (including phenoxy) is 1. The molecule has 5 heteroatoms. The molecule has 0 aliphatic carbocycles. The summed E-state index contributed by atoms with van der Waals surface area (Å²) in [5, 5.41) is 9.43. The summed E-state index contributed by atoms with van der Waals surface area (Å²) in [7, 11) is 3.62. The van der Waals surface area contributed by atoms with E-state index in [1.165, 1.54) is 0 Å². The van der Waals surface area contributed by atoms with E-state index in [0.717, 1.165) is 18.4 Å². The van der Waals surface area contributed by atoms with Crippen molar-refractivity contribution in [1.29, 1.82) is 0 Å². The standard InChI is InChI=1S/C13H18N2O3/c1-15(2)12-11(13(16)17)10(3-6-14-12)9-4-7-18-8-5-9/h3,6,9H,4-5,7-8H2,1-2H3,(H,16,17). The largest absolute Gasteiger partial charge is 0.478 e. The fourth-order valence-electron chi connectivity index (χ4n) is 2.37. The SMILES string of the molecule is CN(C)c1nccc(C2CCOCC2)c1C(=O)O. The van der Waals surface area contributed by atoms with Gasteiger partial charge in [0.1, 0.15) is 11.4 Å². The van der Waals surface area contributed by atoms with Gasteiger partial charge in [0.05, 0.1) is 0 Å². The third-order valence-electron chi connectivity index (χ3n) is 3.26. The van der Waals surface area contributed by atoms with Crippen LogP contribution in [0, 0.1) is 0 Å². The molecule has 2 rings (SSSR count). The Morgan fingerprint density at radius 3 is 2.67 bits per heavy atom. The zero-order valence-electron chi connectivity index (χ0n) is 10.7. The van der Waals surface area contributed by atoms with E-state index in [0.29, 0.717) is 24.6 Å². The summed E-state index contributed by atoms with van der Waals surface area (Å²) in [4.78, 5) is 17.4. The Labute approximate surface area is 106 Å². The number of aromatic nitrogens is 1. The molecule has 0 saturated carbocycles. The summed E-state index contributed by atoms with van der Waals surface area (Å²) >= 11 is 0. The quantitative estimate of drug-likeness (QED) is 0.885. The van der Waals surface area contributed by atoms with Gasteiger partial charge >= 0.3 is 5.97 Å². The number of hydrogen-bond acceptors (Lipinski definition) is 4. The van der Waals surface area contributed by atoms with E-state index in [9.17, 15) is 9.90 Å². The Kier molecular flexibility index (Phi) is 3.81. The summed E-state index contributed by atoms with van der Waals surface area (Å²) in [6, 6.07) is 1.83. The summed E-state index contributed by atoms with van der Waals surface area (Å²) < 4.78 is 5.33. The van der Waals surface area contributed by atoms with E-state index in [1.54, 1.807) is 11.1 Å². The van der Waals surface area contributed by atoms with E-state index in [-0.39, 0.29) is 5.92 Å². The normalized spacial score (nSPS) is 16.6. The maximum atomic E-state index is 11.5. The molecule has 0 unspecified atom stereocenters. The van der Waals surface area contributed by atoms with Gasteiger partial charge in [-0.15, -0.1) is 0 Å². The number of carboxylic acids is 1. The molecule has 98 valence electrons. The van der Waals surface area contributed by atoms with Crippen molar-refractivity contribution < 1.29 is 14.6 Å². The molecule has 0 aromatic carbocycles. The van der Waals surface area contributed by atoms with E-state index < -0.39 is 5.97 Å². The van der Waals surface area contributed by atoms with Crippen LogP contribution in [0.2, 0.25) is 0 Å². The second-order valence-electron chi connectivity index (χ2n) is 4.69. The fraction of sp³-hybridized carbons (Fsp3) is 0.538. The van der Waals surface area contributed by atoms with Crippen molar-refractivity contribution in [2.24, 2.45) is 0 Å². The highest BCUT2D eigenvalue weighted by Crippen LogP contribution is 2.32. The summed E-state index contributed by atoms with van der Waals surface area (Å²) in [6.45, 7) is 1.40. The van der Waals surface area contributed by atoms with Gasteiger partial charge in [-0.05, 0) is 30.4 Å². The number of carboxylic acid groups (broad SMARTS) is 1. The molecule has 18 heavy (non-hydrogen) atoms. The lowest BCUT2D eigenvalue weighted by atomic mass is 9.89. The molecule has 1 aromatic rings. The maximum Gasteiger partial charge on any atom is 0.339 e. The molecule has 1 fully saturated rings. The first kappa shape index (κ1) is 12.8. The van der Waals surface area contributed by atoms with Gasteiger partial charge in [-0.3, -0.25) is 0 Å². The third-order valence-corrected chi connectivity index (χ3v) is 3.26. The van der Waals surface area contributed by atoms with Gasteiger partial charge in [0.2, 0.25) is 0 Å². The molecule has 1 aliphatic rings. The van der Waals surface area contributed by atoms with Gasteiger partial charge in [-0.1, -0.05) is 0 Å². The van der Waals surface area contributed by atoms with Crippen molar-refractivity contribution in [3.63, 3.8) is 0 Å². The molecule has 2 heterocycles. The minimum atomic E-state index is -0.909. The molecule has 1 N–H and O–H groups in total. The first-order valence-electron chi connectivity index (χ1n) is 6.08. The first-order valence-corrected chi connectivity index (χ1v) is 6.08. The van der Waals surface area contributed by atoms with E-state index in [1.807, 2.05) is 20.2 Å². The Bertz CT molecular complexity index is 440. The van der Waals surface area contributed by atoms with Crippen molar-refractivity contribution in [2.45, 2.75) is 18.8 Å². The summed E-state index contributed by atoms with van der Waals surface area (Å²) in [5.74, 6) is -0.133. The smallest absolute Gasteiger partial charge is 0.339 e. The van der Waals surface area contributed by atoms with Gasteiger partial charge in [0.15, 0.2) is 0 Å². The van der Waals surface area contributed by atoms with Crippen LogP contribution in [0.15, 0.2) is 12.3 Å². The van der Waals surface area contributed by atoms with Crippen LogP contribution in [-0.2, 0) is 4.74 Å². The highest BCUT2D eigenvalue weighted by atomic mass is 16.5. The topological polar surface area (TPSA) is 62.7 Å². The molecular formula is C13H18N2O3. The monoisotopic (exact) mass is 250 g/mol. The first-order chi connectivity index (χ1) is 8.61. The Morgan fingerprint density at radius 1 is 1.44 bits per heavy atom. The van der Waals surface area contributed by atoms with Crippen LogP contribution in [0.3, 0.4) is 0 Å². The summed E-state index contributed by atoms with van der Waals surface area (Å²) in [6.07, 6.45) is 3.43. The predicted molar refractivity (Wildman–Crippen MR) is 68.3 cm³/mol. The van der Waals surface area contributed by atoms with Crippen molar-refractivity contribution >= 4 is 11.8 Å². The van der Waals surface area contributed by atoms with Gasteiger partial charge in [0, 0.05) is 33.5 Å². The van der Waals surface area contributed by atoms with Crippen molar-refractivity contribution in [2.75, 3.05) is 32.2 Å². The lowest BCUT2D eigenvalue weighted by Crippen LogP contribution is -2.21. The molecule has 1 saturated heterocycles. The molecular weight excluding hydrogens is 232 g/mol. The van der Waals surface area contributed by atoms with Crippen molar-refractivity contribution in [1.82, 2.24) is 4.98 Å². The minimum absolute atomic E-state index is 0.256. The average molecular weight is 250 g/mol. The molecule has 0 amide bonds. The molecule has 0 radical (unpaired) electrons. The third kappa shape index (κ3) is 2.46. The Morgan fingerprint density at radius 2 is 2.11 bits per heavy atom. The van der Waals surface area contributed by atoms with E-state index in [2.05, 4.69) is 4.98 Å². The van der Waals surface area contributed by atoms with Crippen LogP contribution < -0.4 is 4.90 Å². The van der Waals surface area contributed by atoms with Gasteiger partial charge in [0.25, 0.3) is 0 Å². The van der Waals surface area contributed by atoms with Crippen LogP contribution in [-0.4, -0.2) is 43.4 Å². The fourth-order valence-corrected chi connectivity index (χ4v) is 2.37. The zero-order valence-corrected chi connectivity index (χ0v) is 10.7. The average Bonchev–Trinajstić information content (AvgIpc) is 2.38. The second-order valence-corrected chi connectivity index (χ2v) is 4.69. The molecule has 0 atom stereocenters. The molecule has 0 spiro atoms. The van der Waals surface area contributed by atoms with E-state index >= 15 is 0 Å². The summed E-state index contributed by atoms with van der Waals surface area (Å²) in [5.41, 5.74) is 1.21. The van der Waals surface area contributed by atoms with Crippen molar-refractivity contribution in [3.05, 3.63) is 23.4 Å². The molecule has 1 aromatic heterocycles. The van der Waals surface area contributed by atoms with Gasteiger partial charge in [-0.25, -0.2) is 9.78 Å². The van der Waals surface area contributed by atoms with Gasteiger partial charge in [-0.2, -0.15) is 0 Å². The lowest BCUT2D eigenvalue weighted by Gasteiger charge is -2.25. The second kappa shape index (κ2) is 5.35. The highest BCUT2D eigenvalue weighted by molar-refractivity contribution is 5.95. The lowest BCUT2D eigenvalue weighted by molar-refractivity contribution is 0.0685. The van der Waals surface area contributed by atoms with Crippen molar-refractivity contribution in [3.8, 4) is 0 Å². The van der Waals surface area contributed by atoms with Crippen LogP contribution >= 0.6 is 0 Å². The number of rotatable bonds is 3. The number of nitrogens with zero attached hydrogens (tertiary/aromatic N) is 2. The maximum absolute atomic E-state index is 11.5. The van der Waals surface area contributed by atoms with Gasteiger partial charge < -0.3 is 14.7 Å². The number of pyridine rings is 1. The predicted octanol–water partition coefficient (Wildman–Crippen LogP) is 1.74. The molecule has 1 aliphatic heterocycles. The number of carbonyl (C=O) groups is 1. The molecule has 0 bridgehead atoms. The van der Waals surface area contributed by atoms with Crippen LogP contribution in [0.4, 0.5) is 5.82 Å². The zero-order chi connectivity index (χ0) is 13.1. The Balaban J connectivity index is 2.45. The highest BCUT2D eigenvalue weighted by Gasteiger charge is 2.25. The number of anilines is 1. The molecule has 5 nitrogen and oxygen atoms in total. The number of aromatic carboxylic acids is 1. The number of hydrogen-bond donors (Lipinski definition) is 1. The van der Waals surface area contributed by atoms with E-state index in [4.69, 9.17) is 4.74 Å². The van der Waals surface area contributed by atoms with Crippen LogP contribution in [0.5, 0.6) is 0 Å². The van der Waals surface area contributed by atoms with Crippen LogP contribution in [0.1, 0.15) is 34.7 Å². The Hall–Kier alpha value is -1.62. The van der Waals surface area contributed by atoms with Crippen LogP contribution in [0.25, 0.3) is 0 Å².